The lowest BCUT2D eigenvalue weighted by Crippen LogP contribution is -3.14. The number of carbonyl (C=O) groups is 1. The van der Waals surface area contributed by atoms with Gasteiger partial charge in [-0.15, -0.1) is 0 Å². The average Bonchev–Trinajstić information content (AvgIpc) is 2.65. The number of carboxylic acid groups (broad SMARTS) is 1. The van der Waals surface area contributed by atoms with Crippen molar-refractivity contribution < 1.29 is 32.7 Å². The van der Waals surface area contributed by atoms with Crippen LogP contribution >= 0.6 is 0 Å². The van der Waals surface area contributed by atoms with E-state index in [0.717, 1.165) is 25.7 Å². The zero-order chi connectivity index (χ0) is 19.3. The van der Waals surface area contributed by atoms with Crippen molar-refractivity contribution in [2.45, 2.75) is 11.8 Å². The number of carboxylic acids is 1. The van der Waals surface area contributed by atoms with Gasteiger partial charge in [-0.2, -0.15) is 4.31 Å². The minimum Gasteiger partial charge on any atom is -0.545 e. The number of sulfonamides is 1. The molecule has 0 aromatic heterocycles. The number of benzene rings is 1. The van der Waals surface area contributed by atoms with Gasteiger partial charge in [0.15, 0.2) is 11.5 Å². The van der Waals surface area contributed by atoms with Gasteiger partial charge in [0.2, 0.25) is 10.0 Å². The monoisotopic (exact) mass is 384 g/mol. The molecule has 0 aliphatic carbocycles. The second-order valence-electron chi connectivity index (χ2n) is 5.91. The van der Waals surface area contributed by atoms with Crippen molar-refractivity contribution in [2.24, 2.45) is 0 Å². The Kier molecular flexibility index (Phi) is 6.63. The van der Waals surface area contributed by atoms with Gasteiger partial charge in [-0.1, -0.05) is 6.08 Å². The highest BCUT2D eigenvalue weighted by Gasteiger charge is 2.33. The molecule has 1 saturated heterocycles. The molecule has 1 aliphatic heterocycles. The second-order valence-corrected chi connectivity index (χ2v) is 7.82. The lowest BCUT2D eigenvalue weighted by molar-refractivity contribution is -0.901. The van der Waals surface area contributed by atoms with E-state index in [4.69, 9.17) is 9.47 Å². The number of aliphatic carboxylic acids is 1. The minimum absolute atomic E-state index is 0.0442. The maximum atomic E-state index is 13.1. The van der Waals surface area contributed by atoms with Crippen LogP contribution < -0.4 is 19.5 Å². The van der Waals surface area contributed by atoms with Crippen molar-refractivity contribution in [1.29, 1.82) is 0 Å². The van der Waals surface area contributed by atoms with Gasteiger partial charge in [0.25, 0.3) is 0 Å². The van der Waals surface area contributed by atoms with Crippen LogP contribution in [0.4, 0.5) is 0 Å². The molecule has 8 nitrogen and oxygen atoms in total. The molecule has 1 aliphatic rings. The number of rotatable bonds is 7. The molecule has 0 bridgehead atoms. The van der Waals surface area contributed by atoms with Crippen LogP contribution in [-0.2, 0) is 14.8 Å². The van der Waals surface area contributed by atoms with E-state index in [0.29, 0.717) is 18.7 Å². The number of likely N-dealkylation sites (N-methyl/N-ethyl adjacent to an activating group) is 1. The quantitative estimate of drug-likeness (QED) is 0.567. The topological polar surface area (TPSA) is 100 Å². The van der Waals surface area contributed by atoms with Crippen molar-refractivity contribution in [3.8, 4) is 11.5 Å². The molecule has 1 fully saturated rings. The number of piperazine rings is 1. The molecule has 0 saturated carbocycles. The molecule has 144 valence electrons. The Labute approximate surface area is 153 Å². The smallest absolute Gasteiger partial charge is 0.247 e. The van der Waals surface area contributed by atoms with Crippen molar-refractivity contribution >= 4 is 22.1 Å². The summed E-state index contributed by atoms with van der Waals surface area (Å²) in [4.78, 5) is 12.0. The van der Waals surface area contributed by atoms with E-state index in [1.807, 2.05) is 0 Å². The Morgan fingerprint density at radius 1 is 1.27 bits per heavy atom. The summed E-state index contributed by atoms with van der Waals surface area (Å²) in [6.07, 6.45) is 2.09. The molecular weight excluding hydrogens is 360 g/mol. The molecule has 0 unspecified atom stereocenters. The molecule has 1 aromatic carbocycles. The maximum Gasteiger partial charge on any atom is 0.247 e. The van der Waals surface area contributed by atoms with Crippen LogP contribution in [0.15, 0.2) is 23.1 Å². The van der Waals surface area contributed by atoms with E-state index < -0.39 is 16.0 Å². The van der Waals surface area contributed by atoms with E-state index in [1.54, 1.807) is 0 Å². The summed E-state index contributed by atoms with van der Waals surface area (Å²) in [5.74, 6) is -1.06. The summed E-state index contributed by atoms with van der Waals surface area (Å²) in [5.41, 5.74) is 0.364. The Morgan fingerprint density at radius 3 is 2.42 bits per heavy atom. The first-order valence-corrected chi connectivity index (χ1v) is 9.76. The zero-order valence-corrected chi connectivity index (χ0v) is 16.0. The SMILES string of the molecule is CC[NH+]1CCN(S(=O)(=O)c2cc(/C=C/C(=O)[O-])cc(OC)c2OC)CC1. The standard InChI is InChI=1S/C17H24N2O6S/c1-4-18-7-9-19(10-8-18)26(22,23)15-12-13(5-6-16(20)21)11-14(24-2)17(15)25-3/h5-6,11-12H,4,7-10H2,1-3H3,(H,20,21)/b6-5+. The zero-order valence-electron chi connectivity index (χ0n) is 15.1. The lowest BCUT2D eigenvalue weighted by atomic mass is 10.2. The van der Waals surface area contributed by atoms with Crippen LogP contribution in [0.5, 0.6) is 11.5 Å². The number of quaternary nitrogens is 1. The van der Waals surface area contributed by atoms with E-state index >= 15 is 0 Å². The van der Waals surface area contributed by atoms with E-state index in [1.165, 1.54) is 41.6 Å². The van der Waals surface area contributed by atoms with Gasteiger partial charge in [-0.05, 0) is 30.7 Å². The van der Waals surface area contributed by atoms with E-state index in [2.05, 4.69) is 6.92 Å². The van der Waals surface area contributed by atoms with Gasteiger partial charge in [-0.25, -0.2) is 8.42 Å². The molecule has 1 heterocycles. The molecule has 1 N–H and O–H groups in total. The number of ether oxygens (including phenoxy) is 2. The van der Waals surface area contributed by atoms with E-state index in [-0.39, 0.29) is 16.4 Å². The highest BCUT2D eigenvalue weighted by molar-refractivity contribution is 7.89. The first kappa shape index (κ1) is 20.2. The van der Waals surface area contributed by atoms with Gasteiger partial charge in [-0.3, -0.25) is 0 Å². The molecular formula is C17H24N2O6S. The van der Waals surface area contributed by atoms with Crippen LogP contribution in [0.1, 0.15) is 12.5 Å². The fourth-order valence-electron chi connectivity index (χ4n) is 2.94. The van der Waals surface area contributed by atoms with Crippen LogP contribution in [0.2, 0.25) is 0 Å². The Bertz CT molecular complexity index is 783. The van der Waals surface area contributed by atoms with Crippen LogP contribution in [0.3, 0.4) is 0 Å². The van der Waals surface area contributed by atoms with Crippen molar-refractivity contribution in [2.75, 3.05) is 46.9 Å². The highest BCUT2D eigenvalue weighted by Crippen LogP contribution is 2.37. The summed E-state index contributed by atoms with van der Waals surface area (Å²) in [6.45, 7) is 5.32. The predicted molar refractivity (Wildman–Crippen MR) is 93.6 cm³/mol. The number of nitrogens with zero attached hydrogens (tertiary/aromatic N) is 1. The third-order valence-electron chi connectivity index (χ3n) is 4.43. The Morgan fingerprint density at radius 2 is 1.92 bits per heavy atom. The molecule has 2 rings (SSSR count). The fraction of sp³-hybridized carbons (Fsp3) is 0.471. The summed E-state index contributed by atoms with van der Waals surface area (Å²) in [6, 6.07) is 2.89. The largest absolute Gasteiger partial charge is 0.545 e. The first-order valence-electron chi connectivity index (χ1n) is 8.32. The second kappa shape index (κ2) is 8.52. The molecule has 0 radical (unpaired) electrons. The summed E-state index contributed by atoms with van der Waals surface area (Å²) in [5, 5.41) is 10.7. The fourth-order valence-corrected chi connectivity index (χ4v) is 4.58. The van der Waals surface area contributed by atoms with Crippen LogP contribution in [0, 0.1) is 0 Å². The number of nitrogens with one attached hydrogen (secondary N) is 1. The van der Waals surface area contributed by atoms with Gasteiger partial charge in [0, 0.05) is 0 Å². The predicted octanol–water partition coefficient (Wildman–Crippen LogP) is -1.62. The van der Waals surface area contributed by atoms with Crippen molar-refractivity contribution in [3.63, 3.8) is 0 Å². The summed E-state index contributed by atoms with van der Waals surface area (Å²) < 4.78 is 38.2. The molecule has 9 heteroatoms. The summed E-state index contributed by atoms with van der Waals surface area (Å²) >= 11 is 0. The van der Waals surface area contributed by atoms with Crippen molar-refractivity contribution in [1.82, 2.24) is 4.31 Å². The lowest BCUT2D eigenvalue weighted by Gasteiger charge is -2.31. The summed E-state index contributed by atoms with van der Waals surface area (Å²) in [7, 11) is -1.05. The maximum absolute atomic E-state index is 13.1. The van der Waals surface area contributed by atoms with Crippen molar-refractivity contribution in [3.05, 3.63) is 23.8 Å². The molecule has 26 heavy (non-hydrogen) atoms. The minimum atomic E-state index is -3.81. The van der Waals surface area contributed by atoms with Gasteiger partial charge in [0.1, 0.15) is 4.90 Å². The van der Waals surface area contributed by atoms with Gasteiger partial charge in [0.05, 0.1) is 52.9 Å². The number of carbonyl (C=O) groups excluding carboxylic acids is 1. The average molecular weight is 384 g/mol. The first-order chi connectivity index (χ1) is 12.3. The van der Waals surface area contributed by atoms with Gasteiger partial charge >= 0.3 is 0 Å². The molecule has 0 atom stereocenters. The number of hydrogen-bond acceptors (Lipinski definition) is 6. The third kappa shape index (κ3) is 4.35. The molecule has 1 aromatic rings. The Hall–Kier alpha value is -2.10. The Balaban J connectivity index is 2.48. The third-order valence-corrected chi connectivity index (χ3v) is 6.33. The highest BCUT2D eigenvalue weighted by atomic mass is 32.2. The number of hydrogen-bond donors (Lipinski definition) is 1. The normalized spacial score (nSPS) is 16.7. The molecule has 0 amide bonds. The molecule has 0 spiro atoms. The van der Waals surface area contributed by atoms with Crippen LogP contribution in [-0.4, -0.2) is 65.6 Å². The van der Waals surface area contributed by atoms with Crippen LogP contribution in [0.25, 0.3) is 6.08 Å². The number of methoxy groups -OCH3 is 2. The van der Waals surface area contributed by atoms with Gasteiger partial charge < -0.3 is 24.3 Å². The van der Waals surface area contributed by atoms with E-state index in [9.17, 15) is 18.3 Å².